The number of halogens is 1. The molecule has 1 aliphatic carbocycles. The molecule has 3 aromatic rings. The second kappa shape index (κ2) is 6.57. The number of fused-ring (bicyclic) bond motifs is 1. The van der Waals surface area contributed by atoms with Crippen molar-refractivity contribution in [3.63, 3.8) is 0 Å². The lowest BCUT2D eigenvalue weighted by Crippen LogP contribution is -2.17. The minimum atomic E-state index is -0.228. The molecule has 0 spiro atoms. The first-order valence-corrected chi connectivity index (χ1v) is 8.36. The minimum Gasteiger partial charge on any atom is -0.345 e. The summed E-state index contributed by atoms with van der Waals surface area (Å²) in [5.41, 5.74) is 3.83. The monoisotopic (exact) mass is 325 g/mol. The van der Waals surface area contributed by atoms with Gasteiger partial charge in [-0.25, -0.2) is 14.1 Å². The van der Waals surface area contributed by atoms with Crippen molar-refractivity contribution >= 4 is 0 Å². The van der Waals surface area contributed by atoms with E-state index in [4.69, 9.17) is 0 Å². The smallest absolute Gasteiger partial charge is 0.129 e. The van der Waals surface area contributed by atoms with Crippen LogP contribution in [0.1, 0.15) is 35.6 Å². The summed E-state index contributed by atoms with van der Waals surface area (Å²) in [7, 11) is 0. The van der Waals surface area contributed by atoms with Crippen molar-refractivity contribution in [2.45, 2.75) is 38.8 Å². The molecule has 0 bridgehead atoms. The summed E-state index contributed by atoms with van der Waals surface area (Å²) < 4.78 is 15.9. The Balaban J connectivity index is 1.47. The van der Waals surface area contributed by atoms with Crippen LogP contribution in [0, 0.1) is 5.82 Å². The van der Waals surface area contributed by atoms with Gasteiger partial charge in [-0.2, -0.15) is 5.10 Å². The van der Waals surface area contributed by atoms with Crippen LogP contribution in [0.4, 0.5) is 4.39 Å². The predicted octanol–water partition coefficient (Wildman–Crippen LogP) is 2.90. The molecular formula is C18H20FN5. The Labute approximate surface area is 139 Å². The number of nitrogens with one attached hydrogen (secondary N) is 2. The van der Waals surface area contributed by atoms with Gasteiger partial charge in [-0.1, -0.05) is 6.07 Å². The molecule has 0 aliphatic heterocycles. The van der Waals surface area contributed by atoms with Crippen LogP contribution in [0.15, 0.2) is 36.7 Å². The van der Waals surface area contributed by atoms with E-state index in [1.54, 1.807) is 16.9 Å². The van der Waals surface area contributed by atoms with Crippen LogP contribution in [-0.2, 0) is 25.9 Å². The van der Waals surface area contributed by atoms with Gasteiger partial charge >= 0.3 is 0 Å². The van der Waals surface area contributed by atoms with Gasteiger partial charge in [-0.05, 0) is 43.9 Å². The van der Waals surface area contributed by atoms with Gasteiger partial charge in [0.15, 0.2) is 0 Å². The predicted molar refractivity (Wildman–Crippen MR) is 89.3 cm³/mol. The maximum atomic E-state index is 14.2. The first-order chi connectivity index (χ1) is 11.8. The zero-order valence-electron chi connectivity index (χ0n) is 13.4. The molecule has 0 fully saturated rings. The van der Waals surface area contributed by atoms with Gasteiger partial charge in [0.2, 0.25) is 0 Å². The first-order valence-electron chi connectivity index (χ1n) is 8.36. The van der Waals surface area contributed by atoms with Crippen LogP contribution in [0.5, 0.6) is 0 Å². The van der Waals surface area contributed by atoms with Crippen molar-refractivity contribution in [1.82, 2.24) is 25.1 Å². The molecular weight excluding hydrogens is 305 g/mol. The lowest BCUT2D eigenvalue weighted by molar-refractivity contribution is 0.579. The maximum absolute atomic E-state index is 14.2. The highest BCUT2D eigenvalue weighted by molar-refractivity contribution is 5.41. The van der Waals surface area contributed by atoms with Crippen LogP contribution in [-0.4, -0.2) is 19.7 Å². The Kier molecular flexibility index (Phi) is 4.13. The molecule has 2 N–H and O–H groups in total. The number of aromatic amines is 1. The van der Waals surface area contributed by atoms with Gasteiger partial charge in [0, 0.05) is 30.2 Å². The number of rotatable bonds is 5. The summed E-state index contributed by atoms with van der Waals surface area (Å²) in [4.78, 5) is 8.04. The molecule has 0 amide bonds. The number of hydrogen-bond acceptors (Lipinski definition) is 3. The van der Waals surface area contributed by atoms with Crippen molar-refractivity contribution in [2.75, 3.05) is 0 Å². The lowest BCUT2D eigenvalue weighted by atomic mass is 10.0. The van der Waals surface area contributed by atoms with Crippen LogP contribution >= 0.6 is 0 Å². The Morgan fingerprint density at radius 2 is 2.08 bits per heavy atom. The number of hydrogen-bond donors (Lipinski definition) is 2. The van der Waals surface area contributed by atoms with E-state index in [1.165, 1.54) is 30.3 Å². The summed E-state index contributed by atoms with van der Waals surface area (Å²) in [5, 5.41) is 7.50. The second-order valence-electron chi connectivity index (χ2n) is 6.11. The molecule has 1 aliphatic rings. The fraction of sp³-hybridized carbons (Fsp3) is 0.333. The molecule has 2 aromatic heterocycles. The van der Waals surface area contributed by atoms with Gasteiger partial charge < -0.3 is 10.3 Å². The molecule has 1 aromatic carbocycles. The van der Waals surface area contributed by atoms with Gasteiger partial charge in [-0.3, -0.25) is 0 Å². The topological polar surface area (TPSA) is 58.5 Å². The quantitative estimate of drug-likeness (QED) is 0.758. The van der Waals surface area contributed by atoms with E-state index in [-0.39, 0.29) is 5.82 Å². The summed E-state index contributed by atoms with van der Waals surface area (Å²) in [6.45, 7) is 1.02. The highest BCUT2D eigenvalue weighted by Crippen LogP contribution is 2.19. The van der Waals surface area contributed by atoms with Crippen molar-refractivity contribution in [2.24, 2.45) is 0 Å². The van der Waals surface area contributed by atoms with E-state index in [0.717, 1.165) is 24.4 Å². The van der Waals surface area contributed by atoms with Crippen molar-refractivity contribution < 1.29 is 4.39 Å². The first kappa shape index (κ1) is 15.1. The molecule has 124 valence electrons. The molecule has 2 heterocycles. The molecule has 4 rings (SSSR count). The molecule has 0 atom stereocenters. The number of aromatic nitrogens is 4. The average Bonchev–Trinajstić information content (AvgIpc) is 3.25. The number of aryl methyl sites for hydroxylation is 2. The van der Waals surface area contributed by atoms with Crippen molar-refractivity contribution in [1.29, 1.82) is 0 Å². The van der Waals surface area contributed by atoms with Gasteiger partial charge in [-0.15, -0.1) is 0 Å². The fourth-order valence-electron chi connectivity index (χ4n) is 3.25. The van der Waals surface area contributed by atoms with E-state index >= 15 is 0 Å². The molecule has 0 unspecified atom stereocenters. The van der Waals surface area contributed by atoms with E-state index < -0.39 is 0 Å². The van der Waals surface area contributed by atoms with Gasteiger partial charge in [0.05, 0.1) is 17.9 Å². The van der Waals surface area contributed by atoms with E-state index in [1.807, 2.05) is 18.3 Å². The molecule has 0 saturated carbocycles. The number of benzene rings is 1. The Morgan fingerprint density at radius 3 is 2.92 bits per heavy atom. The SMILES string of the molecule is Fc1cccc(-n2cccn2)c1CNCc1nc2c([nH]1)CCCC2. The van der Waals surface area contributed by atoms with Gasteiger partial charge in [0.1, 0.15) is 11.6 Å². The summed E-state index contributed by atoms with van der Waals surface area (Å²) >= 11 is 0. The largest absolute Gasteiger partial charge is 0.345 e. The number of H-pyrrole nitrogens is 1. The van der Waals surface area contributed by atoms with Gasteiger partial charge in [0.25, 0.3) is 0 Å². The fourth-order valence-corrected chi connectivity index (χ4v) is 3.25. The maximum Gasteiger partial charge on any atom is 0.129 e. The second-order valence-corrected chi connectivity index (χ2v) is 6.11. The third-order valence-corrected chi connectivity index (χ3v) is 4.44. The third-order valence-electron chi connectivity index (χ3n) is 4.44. The number of imidazole rings is 1. The minimum absolute atomic E-state index is 0.228. The summed E-state index contributed by atoms with van der Waals surface area (Å²) in [6, 6.07) is 6.89. The standard InChI is InChI=1S/C18H20FN5/c19-14-5-3-8-17(24-10-4-9-21-24)13(14)11-20-12-18-22-15-6-1-2-7-16(15)23-18/h3-5,8-10,20H,1-2,6-7,11-12H2,(H,22,23). The van der Waals surface area contributed by atoms with E-state index in [2.05, 4.69) is 20.4 Å². The van der Waals surface area contributed by atoms with Crippen molar-refractivity contribution in [3.05, 3.63) is 65.3 Å². The van der Waals surface area contributed by atoms with E-state index in [0.29, 0.717) is 18.7 Å². The zero-order valence-corrected chi connectivity index (χ0v) is 13.4. The Bertz CT molecular complexity index is 799. The molecule has 5 nitrogen and oxygen atoms in total. The van der Waals surface area contributed by atoms with Crippen LogP contribution in [0.3, 0.4) is 0 Å². The van der Waals surface area contributed by atoms with Crippen LogP contribution in [0.2, 0.25) is 0 Å². The summed E-state index contributed by atoms with van der Waals surface area (Å²) in [5.74, 6) is 0.702. The molecule has 0 saturated heterocycles. The molecule has 0 radical (unpaired) electrons. The highest BCUT2D eigenvalue weighted by atomic mass is 19.1. The Hall–Kier alpha value is -2.47. The highest BCUT2D eigenvalue weighted by Gasteiger charge is 2.15. The van der Waals surface area contributed by atoms with Crippen LogP contribution < -0.4 is 5.32 Å². The molecule has 6 heteroatoms. The van der Waals surface area contributed by atoms with E-state index in [9.17, 15) is 4.39 Å². The molecule has 24 heavy (non-hydrogen) atoms. The average molecular weight is 325 g/mol. The summed E-state index contributed by atoms with van der Waals surface area (Å²) in [6.07, 6.45) is 8.09. The third kappa shape index (κ3) is 2.97. The van der Waals surface area contributed by atoms with Crippen LogP contribution in [0.25, 0.3) is 5.69 Å². The van der Waals surface area contributed by atoms with Crippen molar-refractivity contribution in [3.8, 4) is 5.69 Å². The Morgan fingerprint density at radius 1 is 1.17 bits per heavy atom. The lowest BCUT2D eigenvalue weighted by Gasteiger charge is -2.11. The number of nitrogens with zero attached hydrogens (tertiary/aromatic N) is 3. The zero-order chi connectivity index (χ0) is 16.4. The normalized spacial score (nSPS) is 13.9.